The van der Waals surface area contributed by atoms with Crippen LogP contribution in [0.25, 0.3) is 0 Å². The predicted octanol–water partition coefficient (Wildman–Crippen LogP) is 2.17. The Morgan fingerprint density at radius 2 is 1.88 bits per heavy atom. The average Bonchev–Trinajstić information content (AvgIpc) is 2.84. The van der Waals surface area contributed by atoms with Crippen molar-refractivity contribution in [1.29, 1.82) is 0 Å². The zero-order valence-corrected chi connectivity index (χ0v) is 18.2. The number of fused-ring (bicyclic) bond motifs is 1. The molecule has 8 heteroatoms. The summed E-state index contributed by atoms with van der Waals surface area (Å²) < 4.78 is 11.3. The minimum Gasteiger partial charge on any atom is -0.472 e. The molecule has 4 rings (SSSR count). The molecule has 8 nitrogen and oxygen atoms in total. The number of carbonyl (C=O) groups excluding carboxylic acids is 2. The van der Waals surface area contributed by atoms with Gasteiger partial charge in [0, 0.05) is 44.4 Å². The Hall–Kier alpha value is -2.97. The van der Waals surface area contributed by atoms with Gasteiger partial charge >= 0.3 is 0 Å². The monoisotopic (exact) mass is 438 g/mol. The van der Waals surface area contributed by atoms with Crippen molar-refractivity contribution in [3.8, 4) is 5.75 Å². The molecule has 1 unspecified atom stereocenters. The number of rotatable bonds is 9. The van der Waals surface area contributed by atoms with Crippen molar-refractivity contribution in [2.45, 2.75) is 25.4 Å². The highest BCUT2D eigenvalue weighted by molar-refractivity contribution is 5.99. The molecule has 2 aromatic rings. The number of nitrogens with zero attached hydrogens (tertiary/aromatic N) is 3. The molecule has 0 spiro atoms. The van der Waals surface area contributed by atoms with Gasteiger partial charge in [-0.05, 0) is 31.5 Å². The SMILES string of the molecule is O=C(CCCN1C(=O)C(c2ccccc2)Oc2cccnc21)NCCCN1CCOCC1. The van der Waals surface area contributed by atoms with Crippen LogP contribution in [0.2, 0.25) is 0 Å². The topological polar surface area (TPSA) is 84.0 Å². The fourth-order valence-electron chi connectivity index (χ4n) is 4.00. The lowest BCUT2D eigenvalue weighted by Gasteiger charge is -2.33. The second-order valence-electron chi connectivity index (χ2n) is 7.98. The maximum absolute atomic E-state index is 13.2. The number of pyridine rings is 1. The van der Waals surface area contributed by atoms with Gasteiger partial charge in [0.1, 0.15) is 0 Å². The molecule has 0 radical (unpaired) electrons. The number of ether oxygens (including phenoxy) is 2. The fraction of sp³-hybridized carbons (Fsp3) is 0.458. The van der Waals surface area contributed by atoms with Crippen LogP contribution in [0.5, 0.6) is 5.75 Å². The molecule has 32 heavy (non-hydrogen) atoms. The maximum atomic E-state index is 13.2. The van der Waals surface area contributed by atoms with Crippen LogP contribution in [0.3, 0.4) is 0 Å². The summed E-state index contributed by atoms with van der Waals surface area (Å²) in [7, 11) is 0. The van der Waals surface area contributed by atoms with Crippen LogP contribution >= 0.6 is 0 Å². The molecule has 170 valence electrons. The smallest absolute Gasteiger partial charge is 0.274 e. The first kappa shape index (κ1) is 22.2. The van der Waals surface area contributed by atoms with E-state index in [2.05, 4.69) is 15.2 Å². The lowest BCUT2D eigenvalue weighted by molar-refractivity contribution is -0.127. The summed E-state index contributed by atoms with van der Waals surface area (Å²) in [5.74, 6) is 0.936. The van der Waals surface area contributed by atoms with Gasteiger partial charge in [0.15, 0.2) is 11.6 Å². The third kappa shape index (κ3) is 5.63. The molecule has 2 aliphatic heterocycles. The third-order valence-corrected chi connectivity index (χ3v) is 5.71. The Balaban J connectivity index is 1.27. The predicted molar refractivity (Wildman–Crippen MR) is 121 cm³/mol. The van der Waals surface area contributed by atoms with Crippen LogP contribution in [0.4, 0.5) is 5.82 Å². The normalized spacial score (nSPS) is 18.7. The highest BCUT2D eigenvalue weighted by Gasteiger charge is 2.36. The summed E-state index contributed by atoms with van der Waals surface area (Å²) >= 11 is 0. The summed E-state index contributed by atoms with van der Waals surface area (Å²) in [4.78, 5) is 33.8. The van der Waals surface area contributed by atoms with Gasteiger partial charge in [-0.25, -0.2) is 4.98 Å². The largest absolute Gasteiger partial charge is 0.472 e. The zero-order chi connectivity index (χ0) is 22.2. The van der Waals surface area contributed by atoms with Crippen LogP contribution in [0.1, 0.15) is 30.9 Å². The minimum absolute atomic E-state index is 0.00791. The summed E-state index contributed by atoms with van der Waals surface area (Å²) in [5.41, 5.74) is 0.801. The van der Waals surface area contributed by atoms with E-state index in [1.165, 1.54) is 0 Å². The van der Waals surface area contributed by atoms with Gasteiger partial charge in [-0.3, -0.25) is 19.4 Å². The Labute approximate surface area is 188 Å². The van der Waals surface area contributed by atoms with E-state index in [4.69, 9.17) is 9.47 Å². The van der Waals surface area contributed by atoms with E-state index in [0.717, 1.165) is 44.8 Å². The average molecular weight is 439 g/mol. The van der Waals surface area contributed by atoms with Crippen molar-refractivity contribution in [3.63, 3.8) is 0 Å². The summed E-state index contributed by atoms with van der Waals surface area (Å²) in [6.07, 6.45) is 2.77. The molecule has 0 saturated carbocycles. The van der Waals surface area contributed by atoms with E-state index in [0.29, 0.717) is 37.5 Å². The zero-order valence-electron chi connectivity index (χ0n) is 18.2. The van der Waals surface area contributed by atoms with Crippen molar-refractivity contribution in [3.05, 3.63) is 54.2 Å². The van der Waals surface area contributed by atoms with Gasteiger partial charge in [-0.1, -0.05) is 30.3 Å². The van der Waals surface area contributed by atoms with Gasteiger partial charge in [0.2, 0.25) is 12.0 Å². The first-order valence-electron chi connectivity index (χ1n) is 11.3. The first-order valence-corrected chi connectivity index (χ1v) is 11.3. The maximum Gasteiger partial charge on any atom is 0.274 e. The highest BCUT2D eigenvalue weighted by Crippen LogP contribution is 2.37. The second-order valence-corrected chi connectivity index (χ2v) is 7.98. The number of hydrogen-bond acceptors (Lipinski definition) is 6. The molecule has 2 amide bonds. The second kappa shape index (κ2) is 11.1. The van der Waals surface area contributed by atoms with Gasteiger partial charge in [0.05, 0.1) is 13.2 Å². The first-order chi connectivity index (χ1) is 15.7. The van der Waals surface area contributed by atoms with Crippen molar-refractivity contribution in [1.82, 2.24) is 15.2 Å². The van der Waals surface area contributed by atoms with Crippen LogP contribution in [-0.2, 0) is 14.3 Å². The van der Waals surface area contributed by atoms with Gasteiger partial charge in [0.25, 0.3) is 5.91 Å². The Morgan fingerprint density at radius 3 is 2.69 bits per heavy atom. The summed E-state index contributed by atoms with van der Waals surface area (Å²) in [6, 6.07) is 13.1. The molecule has 1 aromatic heterocycles. The van der Waals surface area contributed by atoms with Crippen molar-refractivity contribution >= 4 is 17.6 Å². The van der Waals surface area contributed by atoms with E-state index >= 15 is 0 Å². The Kier molecular flexibility index (Phi) is 7.68. The third-order valence-electron chi connectivity index (χ3n) is 5.71. The van der Waals surface area contributed by atoms with Crippen molar-refractivity contribution < 1.29 is 19.1 Å². The number of nitrogens with one attached hydrogen (secondary N) is 1. The number of anilines is 1. The molecule has 1 atom stereocenters. The summed E-state index contributed by atoms with van der Waals surface area (Å²) in [5, 5.41) is 2.98. The van der Waals surface area contributed by atoms with E-state index < -0.39 is 6.10 Å². The summed E-state index contributed by atoms with van der Waals surface area (Å²) in [6.45, 7) is 5.53. The standard InChI is InChI=1S/C24H30N4O4/c29-21(25-12-6-13-27-15-17-31-18-16-27)10-5-14-28-23-20(9-4-11-26-23)32-22(24(28)30)19-7-2-1-3-8-19/h1-4,7-9,11,22H,5-6,10,12-18H2,(H,25,29). The molecule has 1 N–H and O–H groups in total. The van der Waals surface area contributed by atoms with Crippen molar-refractivity contribution in [2.24, 2.45) is 0 Å². The number of hydrogen-bond donors (Lipinski definition) is 1. The number of carbonyl (C=O) groups is 2. The lowest BCUT2D eigenvalue weighted by Crippen LogP contribution is -2.42. The van der Waals surface area contributed by atoms with Gasteiger partial charge < -0.3 is 14.8 Å². The Morgan fingerprint density at radius 1 is 1.06 bits per heavy atom. The van der Waals surface area contributed by atoms with E-state index in [-0.39, 0.29) is 11.8 Å². The van der Waals surface area contributed by atoms with E-state index in [1.54, 1.807) is 17.2 Å². The molecule has 1 saturated heterocycles. The molecular formula is C24H30N4O4. The van der Waals surface area contributed by atoms with E-state index in [1.807, 2.05) is 36.4 Å². The molecule has 2 aliphatic rings. The number of morpholine rings is 1. The molecule has 3 heterocycles. The molecule has 0 aliphatic carbocycles. The van der Waals surface area contributed by atoms with Crippen LogP contribution in [-0.4, -0.2) is 67.6 Å². The quantitative estimate of drug-likeness (QED) is 0.604. The van der Waals surface area contributed by atoms with Gasteiger partial charge in [-0.15, -0.1) is 0 Å². The number of amides is 2. The van der Waals surface area contributed by atoms with Crippen LogP contribution in [0.15, 0.2) is 48.7 Å². The minimum atomic E-state index is -0.707. The molecule has 1 aromatic carbocycles. The fourth-order valence-corrected chi connectivity index (χ4v) is 4.00. The van der Waals surface area contributed by atoms with E-state index in [9.17, 15) is 9.59 Å². The lowest BCUT2D eigenvalue weighted by atomic mass is 10.1. The van der Waals surface area contributed by atoms with Crippen molar-refractivity contribution in [2.75, 3.05) is 50.8 Å². The molecule has 0 bridgehead atoms. The number of benzene rings is 1. The van der Waals surface area contributed by atoms with Gasteiger partial charge in [-0.2, -0.15) is 0 Å². The van der Waals surface area contributed by atoms with Crippen LogP contribution in [0, 0.1) is 0 Å². The number of aromatic nitrogens is 1. The molecule has 1 fully saturated rings. The highest BCUT2D eigenvalue weighted by atomic mass is 16.5. The molecular weight excluding hydrogens is 408 g/mol. The van der Waals surface area contributed by atoms with Crippen LogP contribution < -0.4 is 15.0 Å². The Bertz CT molecular complexity index is 902.